The van der Waals surface area contributed by atoms with Crippen molar-refractivity contribution in [1.82, 2.24) is 9.88 Å². The summed E-state index contributed by atoms with van der Waals surface area (Å²) in [5.74, 6) is 1.48. The fraction of sp³-hybridized carbons (Fsp3) is 0.706. The second-order valence-electron chi connectivity index (χ2n) is 6.58. The molecular formula is C17H27N3O2. The molecule has 0 radical (unpaired) electrons. The zero-order valence-electron chi connectivity index (χ0n) is 13.4. The van der Waals surface area contributed by atoms with Crippen molar-refractivity contribution in [2.45, 2.75) is 37.2 Å². The number of nitrogens with zero attached hydrogens (tertiary/aromatic N) is 2. The largest absolute Gasteiger partial charge is 0.388 e. The first-order valence-corrected chi connectivity index (χ1v) is 8.36. The van der Waals surface area contributed by atoms with Gasteiger partial charge in [-0.1, -0.05) is 6.07 Å². The Morgan fingerprint density at radius 2 is 2.05 bits per heavy atom. The Balaban J connectivity index is 1.53. The minimum absolute atomic E-state index is 0.536. The van der Waals surface area contributed by atoms with E-state index < -0.39 is 5.60 Å². The number of likely N-dealkylation sites (tertiary alicyclic amines) is 1. The van der Waals surface area contributed by atoms with E-state index in [1.54, 1.807) is 0 Å². The SMILES string of the molecule is CNc1cccc(C2CCN(CC3(O)CCOCC3)CC2)n1. The molecule has 2 fully saturated rings. The maximum atomic E-state index is 10.6. The average molecular weight is 305 g/mol. The molecular weight excluding hydrogens is 278 g/mol. The van der Waals surface area contributed by atoms with Crippen LogP contribution in [0.15, 0.2) is 18.2 Å². The molecule has 2 saturated heterocycles. The van der Waals surface area contributed by atoms with Crippen molar-refractivity contribution in [3.05, 3.63) is 23.9 Å². The molecule has 0 amide bonds. The Bertz CT molecular complexity index is 481. The van der Waals surface area contributed by atoms with Crippen LogP contribution in [0.1, 0.15) is 37.3 Å². The van der Waals surface area contributed by atoms with Gasteiger partial charge in [0.1, 0.15) is 5.82 Å². The molecule has 0 spiro atoms. The predicted octanol–water partition coefficient (Wildman–Crippen LogP) is 1.84. The molecule has 3 heterocycles. The number of anilines is 1. The van der Waals surface area contributed by atoms with E-state index in [0.29, 0.717) is 19.1 Å². The summed E-state index contributed by atoms with van der Waals surface area (Å²) in [6.07, 6.45) is 3.76. The smallest absolute Gasteiger partial charge is 0.125 e. The van der Waals surface area contributed by atoms with Crippen LogP contribution in [0.2, 0.25) is 0 Å². The maximum absolute atomic E-state index is 10.6. The van der Waals surface area contributed by atoms with Gasteiger partial charge in [-0.05, 0) is 38.1 Å². The third kappa shape index (κ3) is 3.77. The van der Waals surface area contributed by atoms with Gasteiger partial charge in [0.2, 0.25) is 0 Å². The van der Waals surface area contributed by atoms with Gasteiger partial charge in [0, 0.05) is 51.3 Å². The Hall–Kier alpha value is -1.17. The lowest BCUT2D eigenvalue weighted by Crippen LogP contribution is -2.48. The molecule has 3 rings (SSSR count). The zero-order valence-corrected chi connectivity index (χ0v) is 13.4. The highest BCUT2D eigenvalue weighted by molar-refractivity contribution is 5.35. The number of rotatable bonds is 4. The van der Waals surface area contributed by atoms with Crippen molar-refractivity contribution >= 4 is 5.82 Å². The van der Waals surface area contributed by atoms with E-state index in [1.165, 1.54) is 5.69 Å². The summed E-state index contributed by atoms with van der Waals surface area (Å²) in [7, 11) is 1.91. The van der Waals surface area contributed by atoms with Crippen molar-refractivity contribution < 1.29 is 9.84 Å². The van der Waals surface area contributed by atoms with Gasteiger partial charge in [0.05, 0.1) is 5.60 Å². The number of hydrogen-bond acceptors (Lipinski definition) is 5. The van der Waals surface area contributed by atoms with E-state index in [0.717, 1.165) is 51.1 Å². The van der Waals surface area contributed by atoms with E-state index in [1.807, 2.05) is 13.1 Å². The summed E-state index contributed by atoms with van der Waals surface area (Å²) >= 11 is 0. The van der Waals surface area contributed by atoms with E-state index in [-0.39, 0.29) is 0 Å². The quantitative estimate of drug-likeness (QED) is 0.889. The first-order valence-electron chi connectivity index (χ1n) is 8.36. The molecule has 2 aliphatic heterocycles. The van der Waals surface area contributed by atoms with Crippen LogP contribution in [-0.2, 0) is 4.74 Å². The highest BCUT2D eigenvalue weighted by Gasteiger charge is 2.33. The van der Waals surface area contributed by atoms with Gasteiger partial charge in [-0.2, -0.15) is 0 Å². The monoisotopic (exact) mass is 305 g/mol. The molecule has 5 nitrogen and oxygen atoms in total. The van der Waals surface area contributed by atoms with Gasteiger partial charge in [0.25, 0.3) is 0 Å². The van der Waals surface area contributed by atoms with Crippen LogP contribution < -0.4 is 5.32 Å². The topological polar surface area (TPSA) is 57.6 Å². The van der Waals surface area contributed by atoms with Gasteiger partial charge >= 0.3 is 0 Å². The highest BCUT2D eigenvalue weighted by atomic mass is 16.5. The molecule has 0 atom stereocenters. The molecule has 0 aliphatic carbocycles. The first-order chi connectivity index (χ1) is 10.7. The Labute approximate surface area is 132 Å². The molecule has 0 bridgehead atoms. The number of aliphatic hydroxyl groups is 1. The van der Waals surface area contributed by atoms with Crippen LogP contribution in [0.25, 0.3) is 0 Å². The van der Waals surface area contributed by atoms with Gasteiger partial charge in [-0.25, -0.2) is 4.98 Å². The zero-order chi connectivity index (χ0) is 15.4. The number of aromatic nitrogens is 1. The van der Waals surface area contributed by atoms with E-state index in [2.05, 4.69) is 27.3 Å². The third-order valence-electron chi connectivity index (χ3n) is 4.97. The third-order valence-corrected chi connectivity index (χ3v) is 4.97. The summed E-state index contributed by atoms with van der Waals surface area (Å²) < 4.78 is 5.36. The van der Waals surface area contributed by atoms with Crippen molar-refractivity contribution in [3.8, 4) is 0 Å². The van der Waals surface area contributed by atoms with E-state index in [9.17, 15) is 5.11 Å². The first kappa shape index (κ1) is 15.7. The van der Waals surface area contributed by atoms with E-state index in [4.69, 9.17) is 4.74 Å². The minimum Gasteiger partial charge on any atom is -0.388 e. The van der Waals surface area contributed by atoms with Crippen molar-refractivity contribution in [3.63, 3.8) is 0 Å². The molecule has 0 saturated carbocycles. The Morgan fingerprint density at radius 1 is 1.32 bits per heavy atom. The maximum Gasteiger partial charge on any atom is 0.125 e. The van der Waals surface area contributed by atoms with Crippen molar-refractivity contribution in [2.24, 2.45) is 0 Å². The van der Waals surface area contributed by atoms with Crippen LogP contribution in [-0.4, -0.2) is 60.5 Å². The van der Waals surface area contributed by atoms with E-state index >= 15 is 0 Å². The normalized spacial score (nSPS) is 23.4. The van der Waals surface area contributed by atoms with Crippen molar-refractivity contribution in [2.75, 3.05) is 45.2 Å². The van der Waals surface area contributed by atoms with Gasteiger partial charge in [-0.15, -0.1) is 0 Å². The lowest BCUT2D eigenvalue weighted by molar-refractivity contribution is -0.0821. The molecule has 22 heavy (non-hydrogen) atoms. The lowest BCUT2D eigenvalue weighted by Gasteiger charge is -2.39. The number of β-amino-alcohol motifs (C(OH)–C–C–N with tert-alkyl or cyclic N) is 1. The van der Waals surface area contributed by atoms with Gasteiger partial charge in [-0.3, -0.25) is 0 Å². The van der Waals surface area contributed by atoms with Crippen LogP contribution in [0.5, 0.6) is 0 Å². The fourth-order valence-electron chi connectivity index (χ4n) is 3.53. The van der Waals surface area contributed by atoms with Crippen LogP contribution in [0.3, 0.4) is 0 Å². The summed E-state index contributed by atoms with van der Waals surface area (Å²) in [5.41, 5.74) is 0.645. The lowest BCUT2D eigenvalue weighted by atomic mass is 9.89. The molecule has 2 N–H and O–H groups in total. The predicted molar refractivity (Wildman–Crippen MR) is 87.2 cm³/mol. The second kappa shape index (κ2) is 6.94. The van der Waals surface area contributed by atoms with Crippen molar-refractivity contribution in [1.29, 1.82) is 0 Å². The van der Waals surface area contributed by atoms with Crippen LogP contribution in [0.4, 0.5) is 5.82 Å². The minimum atomic E-state index is -0.546. The second-order valence-corrected chi connectivity index (χ2v) is 6.58. The number of ether oxygens (including phenoxy) is 1. The Kier molecular flexibility index (Phi) is 4.96. The molecule has 1 aromatic heterocycles. The standard InChI is InChI=1S/C17H27N3O2/c1-18-16-4-2-3-15(19-16)14-5-9-20(10-6-14)13-17(21)7-11-22-12-8-17/h2-4,14,21H,5-13H2,1H3,(H,18,19). The molecule has 0 aromatic carbocycles. The van der Waals surface area contributed by atoms with Crippen LogP contribution in [0, 0.1) is 0 Å². The summed E-state index contributed by atoms with van der Waals surface area (Å²) in [6, 6.07) is 6.21. The number of hydrogen-bond donors (Lipinski definition) is 2. The summed E-state index contributed by atoms with van der Waals surface area (Å²) in [6.45, 7) is 4.24. The fourth-order valence-corrected chi connectivity index (χ4v) is 3.53. The molecule has 2 aliphatic rings. The molecule has 122 valence electrons. The number of pyridine rings is 1. The number of nitrogens with one attached hydrogen (secondary N) is 1. The molecule has 0 unspecified atom stereocenters. The molecule has 1 aromatic rings. The Morgan fingerprint density at radius 3 is 2.73 bits per heavy atom. The van der Waals surface area contributed by atoms with Crippen LogP contribution >= 0.6 is 0 Å². The summed E-state index contributed by atoms with van der Waals surface area (Å²) in [4.78, 5) is 7.08. The number of piperidine rings is 1. The molecule has 5 heteroatoms. The highest BCUT2D eigenvalue weighted by Crippen LogP contribution is 2.29. The van der Waals surface area contributed by atoms with Gasteiger partial charge in [0.15, 0.2) is 0 Å². The van der Waals surface area contributed by atoms with Gasteiger partial charge < -0.3 is 20.1 Å². The summed E-state index contributed by atoms with van der Waals surface area (Å²) in [5, 5.41) is 13.7. The average Bonchev–Trinajstić information content (AvgIpc) is 2.56.